The van der Waals surface area contributed by atoms with Crippen molar-refractivity contribution in [3.05, 3.63) is 0 Å². The Morgan fingerprint density at radius 3 is 2.29 bits per heavy atom. The van der Waals surface area contributed by atoms with Gasteiger partial charge in [0.1, 0.15) is 12.4 Å². The lowest BCUT2D eigenvalue weighted by atomic mass is 9.79. The number of aldehydes is 1. The highest BCUT2D eigenvalue weighted by molar-refractivity contribution is 5.85. The summed E-state index contributed by atoms with van der Waals surface area (Å²) in [7, 11) is 1.70. The van der Waals surface area contributed by atoms with E-state index in [2.05, 4.69) is 39.5 Å². The molecule has 1 rings (SSSR count). The number of aliphatic hydroxyl groups is 2. The van der Waals surface area contributed by atoms with E-state index in [0.29, 0.717) is 38.3 Å². The van der Waals surface area contributed by atoms with Gasteiger partial charge >= 0.3 is 0 Å². The molecule has 0 aromatic carbocycles. The van der Waals surface area contributed by atoms with Gasteiger partial charge < -0.3 is 34.1 Å². The van der Waals surface area contributed by atoms with Crippen molar-refractivity contribution in [2.75, 3.05) is 20.2 Å². The van der Waals surface area contributed by atoms with Crippen molar-refractivity contribution in [3.63, 3.8) is 0 Å². The summed E-state index contributed by atoms with van der Waals surface area (Å²) >= 11 is 0. The molecule has 38 heavy (non-hydrogen) atoms. The second kappa shape index (κ2) is 15.2. The van der Waals surface area contributed by atoms with Crippen molar-refractivity contribution in [2.24, 2.45) is 23.7 Å². The van der Waals surface area contributed by atoms with E-state index in [4.69, 9.17) is 14.2 Å². The second-order valence-electron chi connectivity index (χ2n) is 12.8. The summed E-state index contributed by atoms with van der Waals surface area (Å²) in [5.74, 6) is -0.680. The molecular formula is C30H57NO7. The number of rotatable bonds is 17. The summed E-state index contributed by atoms with van der Waals surface area (Å²) in [6, 6.07) is 0.310. The summed E-state index contributed by atoms with van der Waals surface area (Å²) in [5.41, 5.74) is -1.42. The first kappa shape index (κ1) is 35.1. The van der Waals surface area contributed by atoms with Crippen LogP contribution in [0.4, 0.5) is 0 Å². The summed E-state index contributed by atoms with van der Waals surface area (Å²) in [6.45, 7) is 21.1. The summed E-state index contributed by atoms with van der Waals surface area (Å²) < 4.78 is 18.5. The van der Waals surface area contributed by atoms with Crippen LogP contribution in [0, 0.1) is 23.7 Å². The molecule has 0 spiro atoms. The minimum Gasteiger partial charge on any atom is -0.390 e. The monoisotopic (exact) mass is 543 g/mol. The lowest BCUT2D eigenvalue weighted by Gasteiger charge is -2.47. The number of aliphatic hydroxyl groups excluding tert-OH is 1. The van der Waals surface area contributed by atoms with Gasteiger partial charge in [-0.15, -0.1) is 0 Å². The van der Waals surface area contributed by atoms with Gasteiger partial charge in [-0.3, -0.25) is 4.79 Å². The quantitative estimate of drug-likeness (QED) is 0.263. The predicted octanol–water partition coefficient (Wildman–Crippen LogP) is 4.24. The molecule has 1 aliphatic rings. The third kappa shape index (κ3) is 10.3. The minimum atomic E-state index is -1.10. The maximum atomic E-state index is 12.9. The van der Waals surface area contributed by atoms with Crippen molar-refractivity contribution < 1.29 is 34.0 Å². The van der Waals surface area contributed by atoms with Gasteiger partial charge in [0.15, 0.2) is 12.1 Å². The average Bonchev–Trinajstić information content (AvgIpc) is 2.81. The van der Waals surface area contributed by atoms with Gasteiger partial charge in [-0.25, -0.2) is 0 Å². The van der Waals surface area contributed by atoms with Crippen molar-refractivity contribution >= 4 is 12.1 Å². The standard InChI is InChI=1S/C30H57NO7/c1-19(2)31(13-12-14-32)18-20(3)15-29(9,35)16-21(4)28(22(5)27(34)24(7)33)38-26-17-30(10,36-11)23(6)25(8)37-26/h14,19-26,28,33,35H,12-13,15-18H2,1-11H3/t20-,21-,22?,23+,24+,25?,26+,28+,29-,30-/m1/s1. The Hall–Kier alpha value is -0.900. The molecule has 10 atom stereocenters. The molecule has 0 aromatic heterocycles. The maximum absolute atomic E-state index is 12.9. The van der Waals surface area contributed by atoms with E-state index in [-0.39, 0.29) is 29.6 Å². The molecule has 0 radical (unpaired) electrons. The highest BCUT2D eigenvalue weighted by Crippen LogP contribution is 2.39. The molecule has 1 heterocycles. The minimum absolute atomic E-state index is 0.0931. The van der Waals surface area contributed by atoms with Gasteiger partial charge in [0.05, 0.1) is 23.4 Å². The molecule has 224 valence electrons. The van der Waals surface area contributed by atoms with Crippen molar-refractivity contribution in [3.8, 4) is 0 Å². The van der Waals surface area contributed by atoms with Crippen LogP contribution in [0.2, 0.25) is 0 Å². The first-order valence-electron chi connectivity index (χ1n) is 14.5. The lowest BCUT2D eigenvalue weighted by molar-refractivity contribution is -0.281. The zero-order valence-electron chi connectivity index (χ0n) is 25.9. The molecule has 8 heteroatoms. The van der Waals surface area contributed by atoms with Crippen LogP contribution in [0.1, 0.15) is 94.9 Å². The highest BCUT2D eigenvalue weighted by atomic mass is 16.7. The number of carbonyl (C=O) groups is 2. The SMILES string of the molecule is CO[C@]1(C)C[C@H](O[C@H](C(C)C(=O)[C@H](C)O)[C@H](C)C[C@](C)(O)C[C@@H](C)CN(CCC=O)C(C)C)OC(C)[C@@H]1C. The highest BCUT2D eigenvalue weighted by Gasteiger charge is 2.46. The number of ketones is 1. The normalized spacial score (nSPS) is 29.9. The first-order valence-corrected chi connectivity index (χ1v) is 14.5. The molecule has 2 unspecified atom stereocenters. The number of carbonyl (C=O) groups excluding carboxylic acids is 2. The molecule has 2 N–H and O–H groups in total. The number of hydrogen-bond acceptors (Lipinski definition) is 8. The van der Waals surface area contributed by atoms with Crippen LogP contribution in [0.25, 0.3) is 0 Å². The van der Waals surface area contributed by atoms with Crippen molar-refractivity contribution in [1.82, 2.24) is 4.90 Å². The summed E-state index contributed by atoms with van der Waals surface area (Å²) in [4.78, 5) is 26.0. The smallest absolute Gasteiger partial charge is 0.166 e. The third-order valence-electron chi connectivity index (χ3n) is 8.66. The molecule has 1 aliphatic heterocycles. The molecule has 8 nitrogen and oxygen atoms in total. The zero-order valence-corrected chi connectivity index (χ0v) is 25.9. The van der Waals surface area contributed by atoms with Crippen LogP contribution < -0.4 is 0 Å². The molecule has 1 fully saturated rings. The molecule has 0 aliphatic carbocycles. The van der Waals surface area contributed by atoms with Crippen molar-refractivity contribution in [2.45, 2.75) is 137 Å². The van der Waals surface area contributed by atoms with Crippen molar-refractivity contribution in [1.29, 1.82) is 0 Å². The van der Waals surface area contributed by atoms with E-state index in [0.717, 1.165) is 12.8 Å². The van der Waals surface area contributed by atoms with Gasteiger partial charge in [-0.05, 0) is 66.2 Å². The lowest BCUT2D eigenvalue weighted by Crippen LogP contribution is -2.53. The van der Waals surface area contributed by atoms with Crippen LogP contribution in [0.5, 0.6) is 0 Å². The fourth-order valence-electron chi connectivity index (χ4n) is 6.12. The predicted molar refractivity (Wildman–Crippen MR) is 150 cm³/mol. The molecular weight excluding hydrogens is 486 g/mol. The Bertz CT molecular complexity index is 727. The van der Waals surface area contributed by atoms with Crippen LogP contribution in [-0.2, 0) is 23.8 Å². The van der Waals surface area contributed by atoms with Gasteiger partial charge in [0, 0.05) is 50.9 Å². The van der Waals surface area contributed by atoms with Crippen LogP contribution in [0.3, 0.4) is 0 Å². The second-order valence-corrected chi connectivity index (χ2v) is 12.8. The molecule has 0 aromatic rings. The van der Waals surface area contributed by atoms with Crippen LogP contribution in [-0.4, -0.2) is 89.2 Å². The number of ether oxygens (including phenoxy) is 3. The topological polar surface area (TPSA) is 106 Å². The average molecular weight is 544 g/mol. The van der Waals surface area contributed by atoms with E-state index in [9.17, 15) is 19.8 Å². The number of Topliss-reactive ketones (excluding diaryl/α,β-unsaturated/α-hetero) is 1. The van der Waals surface area contributed by atoms with Gasteiger partial charge in [0.2, 0.25) is 0 Å². The van der Waals surface area contributed by atoms with E-state index >= 15 is 0 Å². The van der Waals surface area contributed by atoms with E-state index in [1.165, 1.54) is 6.92 Å². The number of hydrogen-bond donors (Lipinski definition) is 2. The fraction of sp³-hybridized carbons (Fsp3) is 0.933. The number of methoxy groups -OCH3 is 1. The Kier molecular flexibility index (Phi) is 14.0. The summed E-state index contributed by atoms with van der Waals surface area (Å²) in [5, 5.41) is 21.5. The van der Waals surface area contributed by atoms with Gasteiger partial charge in [0.25, 0.3) is 0 Å². The van der Waals surface area contributed by atoms with Gasteiger partial charge in [-0.2, -0.15) is 0 Å². The van der Waals surface area contributed by atoms with Crippen LogP contribution in [0.15, 0.2) is 0 Å². The molecule has 0 saturated carbocycles. The largest absolute Gasteiger partial charge is 0.390 e. The van der Waals surface area contributed by atoms with Crippen LogP contribution >= 0.6 is 0 Å². The Labute approximate surface area is 231 Å². The molecule has 0 amide bonds. The van der Waals surface area contributed by atoms with Gasteiger partial charge in [-0.1, -0.05) is 27.7 Å². The Balaban J connectivity index is 3.04. The molecule has 1 saturated heterocycles. The summed E-state index contributed by atoms with van der Waals surface area (Å²) in [6.07, 6.45) is 0.647. The Morgan fingerprint density at radius 2 is 1.79 bits per heavy atom. The fourth-order valence-corrected chi connectivity index (χ4v) is 6.12. The Morgan fingerprint density at radius 1 is 1.18 bits per heavy atom. The first-order chi connectivity index (χ1) is 17.5. The van der Waals surface area contributed by atoms with E-state index in [1.54, 1.807) is 14.0 Å². The van der Waals surface area contributed by atoms with E-state index < -0.39 is 35.6 Å². The number of nitrogens with zero attached hydrogens (tertiary/aromatic N) is 1. The third-order valence-corrected chi connectivity index (χ3v) is 8.66. The zero-order chi connectivity index (χ0) is 29.4. The van der Waals surface area contributed by atoms with E-state index in [1.807, 2.05) is 20.8 Å². The molecule has 0 bridgehead atoms. The maximum Gasteiger partial charge on any atom is 0.166 e.